The Balaban J connectivity index is 0.000000483. The average Bonchev–Trinajstić information content (AvgIpc) is 2.55. The minimum Gasteiger partial charge on any atom is -0.545 e. The summed E-state index contributed by atoms with van der Waals surface area (Å²) in [4.78, 5) is 40.2. The number of carboxylic acids is 2. The summed E-state index contributed by atoms with van der Waals surface area (Å²) in [6.45, 7) is 0. The van der Waals surface area contributed by atoms with Crippen LogP contribution in [0.4, 0.5) is 11.4 Å². The van der Waals surface area contributed by atoms with E-state index in [2.05, 4.69) is 0 Å². The maximum Gasteiger partial charge on any atom is 2.00 e. The van der Waals surface area contributed by atoms with Crippen LogP contribution in [-0.4, -0.2) is 21.8 Å². The van der Waals surface area contributed by atoms with Crippen molar-refractivity contribution in [1.82, 2.24) is 0 Å². The fourth-order valence-corrected chi connectivity index (χ4v) is 2.68. The zero-order chi connectivity index (χ0) is 20.0. The molecule has 0 N–H and O–H groups in total. The molecule has 0 saturated carbocycles. The van der Waals surface area contributed by atoms with E-state index in [1.54, 1.807) is 45.2 Å². The molecule has 0 atom stereocenters. The minimum absolute atomic E-state index is 0. The van der Waals surface area contributed by atoms with Crippen molar-refractivity contribution >= 4 is 68.5 Å². The summed E-state index contributed by atoms with van der Waals surface area (Å²) in [7, 11) is 0. The number of nitro groups is 2. The van der Waals surface area contributed by atoms with E-state index in [1.807, 2.05) is 0 Å². The van der Waals surface area contributed by atoms with Gasteiger partial charge >= 0.3 is 17.1 Å². The van der Waals surface area contributed by atoms with Crippen molar-refractivity contribution in [2.75, 3.05) is 0 Å². The summed E-state index contributed by atoms with van der Waals surface area (Å²) >= 11 is 3.54. The Bertz CT molecular complexity index is 833. The number of non-ortho nitro benzene ring substituents is 2. The number of nitro benzene ring substituents is 2. The number of benzene rings is 2. The number of carboxylic acid groups (broad SMARTS) is 2. The van der Waals surface area contributed by atoms with Crippen LogP contribution in [0.3, 0.4) is 0 Å². The van der Waals surface area contributed by atoms with Crippen LogP contribution < -0.4 is 10.2 Å². The molecule has 0 aliphatic carbocycles. The maximum atomic E-state index is 10.5. The topological polar surface area (TPSA) is 167 Å². The van der Waals surface area contributed by atoms with Gasteiger partial charge < -0.3 is 19.8 Å². The normalized spacial score (nSPS) is 9.26. The zero-order valence-electron chi connectivity index (χ0n) is 12.7. The van der Waals surface area contributed by atoms with Crippen molar-refractivity contribution in [3.63, 3.8) is 0 Å². The van der Waals surface area contributed by atoms with Crippen molar-refractivity contribution in [2.24, 2.45) is 0 Å². The first-order valence-electron chi connectivity index (χ1n) is 6.35. The van der Waals surface area contributed by atoms with Crippen LogP contribution in [0.5, 0.6) is 0 Å². The molecule has 0 saturated heterocycles. The first kappa shape index (κ1) is 25.2. The molecule has 2 aromatic carbocycles. The number of hydrogen-bond acceptors (Lipinski definition) is 8. The second kappa shape index (κ2) is 11.1. The van der Waals surface area contributed by atoms with Gasteiger partial charge in [0.05, 0.1) is 21.8 Å². The molecule has 0 spiro atoms. The number of carbonyl (C=O) groups excluding carboxylic acids is 2. The van der Waals surface area contributed by atoms with Crippen LogP contribution in [0.2, 0.25) is 0 Å². The molecule has 0 bridgehead atoms. The first-order chi connectivity index (χ1) is 12.0. The van der Waals surface area contributed by atoms with E-state index in [4.69, 9.17) is 0 Å². The fraction of sp³-hybridized carbons (Fsp3) is 0. The van der Waals surface area contributed by atoms with E-state index in [-0.39, 0.29) is 39.6 Å². The number of carbonyl (C=O) groups is 2. The van der Waals surface area contributed by atoms with Gasteiger partial charge in [0.2, 0.25) is 0 Å². The summed E-state index contributed by atoms with van der Waals surface area (Å²) in [5, 5.41) is 41.5. The third kappa shape index (κ3) is 7.36. The number of hydrogen-bond donors (Lipinski definition) is 0. The van der Waals surface area contributed by atoms with Crippen LogP contribution in [0, 0.1) is 27.4 Å². The van der Waals surface area contributed by atoms with Gasteiger partial charge in [-0.2, -0.15) is 0 Å². The van der Waals surface area contributed by atoms with Crippen molar-refractivity contribution in [3.05, 3.63) is 74.9 Å². The minimum atomic E-state index is -1.41. The Morgan fingerprint density at radius 2 is 1.04 bits per heavy atom. The van der Waals surface area contributed by atoms with Crippen LogP contribution in [-0.2, 0) is 17.1 Å². The van der Waals surface area contributed by atoms with Crippen LogP contribution >= 0.6 is 45.2 Å². The molecule has 0 heterocycles. The first-order valence-corrected chi connectivity index (χ1v) is 8.51. The zero-order valence-corrected chi connectivity index (χ0v) is 17.9. The molecule has 27 heavy (non-hydrogen) atoms. The molecule has 145 valence electrons. The number of rotatable bonds is 4. The summed E-state index contributed by atoms with van der Waals surface area (Å²) < 4.78 is 0.839. The molecule has 13 heteroatoms. The molecular formula is C14H6CuI2N2O8. The van der Waals surface area contributed by atoms with E-state index in [9.17, 15) is 40.0 Å². The molecule has 0 amide bonds. The van der Waals surface area contributed by atoms with Gasteiger partial charge in [0.1, 0.15) is 0 Å². The second-order valence-corrected chi connectivity index (χ2v) is 6.74. The van der Waals surface area contributed by atoms with E-state index < -0.39 is 21.8 Å². The third-order valence-corrected chi connectivity index (χ3v) is 4.64. The van der Waals surface area contributed by atoms with Gasteiger partial charge in [-0.05, 0) is 57.3 Å². The molecule has 10 nitrogen and oxygen atoms in total. The standard InChI is InChI=1S/2C7H4INO4.Cu/c2*8-6-2-1-4(9(12)13)3-5(6)7(10)11;/h2*1-3H,(H,10,11);/q;;+2/p-2. The monoisotopic (exact) mass is 647 g/mol. The van der Waals surface area contributed by atoms with Gasteiger partial charge in [-0.15, -0.1) is 0 Å². The predicted molar refractivity (Wildman–Crippen MR) is 100 cm³/mol. The van der Waals surface area contributed by atoms with E-state index >= 15 is 0 Å². The number of aromatic carboxylic acids is 2. The molecule has 2 aromatic rings. The Morgan fingerprint density at radius 1 is 0.741 bits per heavy atom. The molecule has 0 aliphatic rings. The number of nitrogens with zero attached hydrogens (tertiary/aromatic N) is 2. The quantitative estimate of drug-likeness (QED) is 0.206. The van der Waals surface area contributed by atoms with E-state index in [0.717, 1.165) is 12.1 Å². The Kier molecular flexibility index (Phi) is 10.3. The van der Waals surface area contributed by atoms with Gasteiger partial charge in [0.15, 0.2) is 0 Å². The van der Waals surface area contributed by atoms with Crippen LogP contribution in [0.15, 0.2) is 36.4 Å². The van der Waals surface area contributed by atoms with Gasteiger partial charge in [-0.3, -0.25) is 20.2 Å². The maximum absolute atomic E-state index is 10.5. The summed E-state index contributed by atoms with van der Waals surface area (Å²) in [6.07, 6.45) is 0. The molecule has 0 fully saturated rings. The second-order valence-electron chi connectivity index (χ2n) is 4.42. The molecule has 0 aromatic heterocycles. The van der Waals surface area contributed by atoms with Crippen LogP contribution in [0.25, 0.3) is 0 Å². The van der Waals surface area contributed by atoms with E-state index in [1.165, 1.54) is 24.3 Å². The van der Waals surface area contributed by atoms with Gasteiger partial charge in [0.25, 0.3) is 11.4 Å². The molecule has 1 radical (unpaired) electrons. The van der Waals surface area contributed by atoms with Crippen molar-refractivity contribution in [2.45, 2.75) is 0 Å². The SMILES string of the molecule is O=C([O-])c1cc([N+](=O)[O-])ccc1I.O=C([O-])c1cc([N+](=O)[O-])ccc1I.[Cu+2]. The van der Waals surface area contributed by atoms with E-state index in [0.29, 0.717) is 7.14 Å². The largest absolute Gasteiger partial charge is 2.00 e. The van der Waals surface area contributed by atoms with Gasteiger partial charge in [-0.1, -0.05) is 0 Å². The average molecular weight is 648 g/mol. The summed E-state index contributed by atoms with van der Waals surface area (Å²) in [5.41, 5.74) is -0.816. The fourth-order valence-electron chi connectivity index (χ4n) is 1.57. The Morgan fingerprint density at radius 3 is 1.26 bits per heavy atom. The summed E-state index contributed by atoms with van der Waals surface area (Å²) in [5.74, 6) is -2.82. The molecule has 2 rings (SSSR count). The van der Waals surface area contributed by atoms with Gasteiger partial charge in [-0.25, -0.2) is 0 Å². The van der Waals surface area contributed by atoms with Crippen LogP contribution in [0.1, 0.15) is 20.7 Å². The molecule has 0 unspecified atom stereocenters. The number of halogens is 2. The Hall–Kier alpha value is -1.84. The van der Waals surface area contributed by atoms with Crippen molar-refractivity contribution in [1.29, 1.82) is 0 Å². The smallest absolute Gasteiger partial charge is 0.545 e. The molecular weight excluding hydrogens is 642 g/mol. The van der Waals surface area contributed by atoms with Gasteiger partial charge in [0, 0.05) is 42.5 Å². The Labute approximate surface area is 189 Å². The summed E-state index contributed by atoms with van der Waals surface area (Å²) in [6, 6.07) is 7.18. The van der Waals surface area contributed by atoms with Crippen molar-refractivity contribution in [3.8, 4) is 0 Å². The predicted octanol–water partition coefficient (Wildman–Crippen LogP) is 1.12. The van der Waals surface area contributed by atoms with Crippen molar-refractivity contribution < 1.29 is 46.7 Å². The molecule has 0 aliphatic heterocycles. The third-order valence-electron chi connectivity index (χ3n) is 2.76.